The molecule has 0 fully saturated rings. The molecule has 0 aliphatic heterocycles. The molecule has 6 heteroatoms. The number of hydrogen-bond donors (Lipinski definition) is 0. The van der Waals surface area contributed by atoms with Crippen molar-refractivity contribution in [3.8, 4) is 11.5 Å². The maximum Gasteiger partial charge on any atom is 0.360 e. The second-order valence-corrected chi connectivity index (χ2v) is 3.13. The van der Waals surface area contributed by atoms with Crippen LogP contribution in [0.2, 0.25) is 0 Å². The smallest absolute Gasteiger partial charge is 0.360 e. The first-order valence-corrected chi connectivity index (χ1v) is 4.95. The minimum Gasteiger partial charge on any atom is -0.461 e. The number of pyridine rings is 1. The van der Waals surface area contributed by atoms with Gasteiger partial charge in [-0.3, -0.25) is 0 Å². The summed E-state index contributed by atoms with van der Waals surface area (Å²) in [6.07, 6.45) is 2.47. The van der Waals surface area contributed by atoms with E-state index in [1.165, 1.54) is 24.6 Å². The Bertz CT molecular complexity index is 522. The lowest BCUT2D eigenvalue weighted by atomic mass is 10.3. The molecule has 2 aromatic rings. The zero-order valence-electron chi connectivity index (χ0n) is 9.01. The molecule has 2 heterocycles. The van der Waals surface area contributed by atoms with Crippen LogP contribution in [-0.4, -0.2) is 22.5 Å². The van der Waals surface area contributed by atoms with Crippen LogP contribution in [0.5, 0.6) is 0 Å². The van der Waals surface area contributed by atoms with E-state index in [0.29, 0.717) is 5.56 Å². The Labute approximate surface area is 96.3 Å². The van der Waals surface area contributed by atoms with Crippen LogP contribution >= 0.6 is 0 Å². The second-order valence-electron chi connectivity index (χ2n) is 3.13. The summed E-state index contributed by atoms with van der Waals surface area (Å²) in [4.78, 5) is 18.7. The van der Waals surface area contributed by atoms with Crippen molar-refractivity contribution in [2.75, 3.05) is 6.61 Å². The highest BCUT2D eigenvalue weighted by Gasteiger charge is 2.14. The van der Waals surface area contributed by atoms with Crippen LogP contribution in [0.3, 0.4) is 0 Å². The van der Waals surface area contributed by atoms with Gasteiger partial charge in [-0.2, -0.15) is 4.39 Å². The van der Waals surface area contributed by atoms with Crippen LogP contribution < -0.4 is 0 Å². The van der Waals surface area contributed by atoms with E-state index in [0.717, 1.165) is 0 Å². The Morgan fingerprint density at radius 3 is 3.00 bits per heavy atom. The minimum atomic E-state index is -0.592. The number of aromatic nitrogens is 2. The molecule has 0 atom stereocenters. The van der Waals surface area contributed by atoms with Crippen molar-refractivity contribution in [2.24, 2.45) is 0 Å². The Morgan fingerprint density at radius 1 is 1.53 bits per heavy atom. The van der Waals surface area contributed by atoms with E-state index in [-0.39, 0.29) is 18.2 Å². The zero-order valence-corrected chi connectivity index (χ0v) is 9.01. The molecule has 0 saturated heterocycles. The predicted molar refractivity (Wildman–Crippen MR) is 55.6 cm³/mol. The number of oxazole rings is 1. The summed E-state index contributed by atoms with van der Waals surface area (Å²) in [5, 5.41) is 0. The van der Waals surface area contributed by atoms with Crippen LogP contribution in [0.4, 0.5) is 4.39 Å². The highest BCUT2D eigenvalue weighted by Crippen LogP contribution is 2.17. The van der Waals surface area contributed by atoms with E-state index in [1.807, 2.05) is 0 Å². The van der Waals surface area contributed by atoms with Gasteiger partial charge in [0.05, 0.1) is 12.2 Å². The molecule has 0 radical (unpaired) electrons. The standard InChI is InChI=1S/C11H9FN2O3/c1-2-16-11(15)8-6-17-10(14-8)7-3-4-9(12)13-5-7/h3-6H,2H2,1H3. The Balaban J connectivity index is 2.23. The molecular formula is C11H9FN2O3. The molecule has 88 valence electrons. The van der Waals surface area contributed by atoms with E-state index in [4.69, 9.17) is 9.15 Å². The van der Waals surface area contributed by atoms with E-state index in [9.17, 15) is 9.18 Å². The molecule has 0 aromatic carbocycles. The number of halogens is 1. The largest absolute Gasteiger partial charge is 0.461 e. The van der Waals surface area contributed by atoms with Crippen LogP contribution in [0.25, 0.3) is 11.5 Å². The summed E-state index contributed by atoms with van der Waals surface area (Å²) in [6, 6.07) is 2.65. The van der Waals surface area contributed by atoms with Gasteiger partial charge in [0.1, 0.15) is 6.26 Å². The van der Waals surface area contributed by atoms with Crippen molar-refractivity contribution in [2.45, 2.75) is 6.92 Å². The Kier molecular flexibility index (Phi) is 3.13. The number of hydrogen-bond acceptors (Lipinski definition) is 5. The van der Waals surface area contributed by atoms with Gasteiger partial charge >= 0.3 is 5.97 Å². The molecule has 0 spiro atoms. The fraction of sp³-hybridized carbons (Fsp3) is 0.182. The van der Waals surface area contributed by atoms with Crippen molar-refractivity contribution < 1.29 is 18.3 Å². The molecule has 0 aliphatic rings. The molecule has 0 bridgehead atoms. The normalized spacial score (nSPS) is 10.2. The molecule has 0 N–H and O–H groups in total. The third-order valence-corrected chi connectivity index (χ3v) is 1.96. The quantitative estimate of drug-likeness (QED) is 0.602. The number of ether oxygens (including phenoxy) is 1. The van der Waals surface area contributed by atoms with Crippen LogP contribution in [0.15, 0.2) is 29.0 Å². The second kappa shape index (κ2) is 4.73. The van der Waals surface area contributed by atoms with Gasteiger partial charge in [-0.05, 0) is 19.1 Å². The summed E-state index contributed by atoms with van der Waals surface area (Å²) in [7, 11) is 0. The Hall–Kier alpha value is -2.24. The summed E-state index contributed by atoms with van der Waals surface area (Å²) >= 11 is 0. The Morgan fingerprint density at radius 2 is 2.35 bits per heavy atom. The molecule has 0 saturated carbocycles. The first-order valence-electron chi connectivity index (χ1n) is 4.95. The van der Waals surface area contributed by atoms with Crippen molar-refractivity contribution in [1.29, 1.82) is 0 Å². The van der Waals surface area contributed by atoms with Gasteiger partial charge in [-0.25, -0.2) is 14.8 Å². The molecule has 2 rings (SSSR count). The fourth-order valence-electron chi connectivity index (χ4n) is 1.21. The van der Waals surface area contributed by atoms with Gasteiger partial charge in [0.2, 0.25) is 11.8 Å². The number of carbonyl (C=O) groups is 1. The molecule has 2 aromatic heterocycles. The summed E-state index contributed by atoms with van der Waals surface area (Å²) in [5.41, 5.74) is 0.563. The third-order valence-electron chi connectivity index (χ3n) is 1.96. The lowest BCUT2D eigenvalue weighted by Gasteiger charge is -1.95. The maximum atomic E-state index is 12.6. The maximum absolute atomic E-state index is 12.6. The first-order chi connectivity index (χ1) is 8.20. The lowest BCUT2D eigenvalue weighted by Crippen LogP contribution is -2.04. The molecule has 17 heavy (non-hydrogen) atoms. The molecular weight excluding hydrogens is 227 g/mol. The van der Waals surface area contributed by atoms with Gasteiger partial charge < -0.3 is 9.15 Å². The summed E-state index contributed by atoms with van der Waals surface area (Å²) < 4.78 is 22.4. The van der Waals surface area contributed by atoms with E-state index in [1.54, 1.807) is 6.92 Å². The zero-order chi connectivity index (χ0) is 12.3. The van der Waals surface area contributed by atoms with Crippen molar-refractivity contribution >= 4 is 5.97 Å². The van der Waals surface area contributed by atoms with Crippen molar-refractivity contribution in [3.05, 3.63) is 36.2 Å². The highest BCUT2D eigenvalue weighted by atomic mass is 19.1. The number of carbonyl (C=O) groups excluding carboxylic acids is 1. The first kappa shape index (κ1) is 11.3. The highest BCUT2D eigenvalue weighted by molar-refractivity contribution is 5.87. The van der Waals surface area contributed by atoms with Crippen LogP contribution in [0, 0.1) is 5.95 Å². The van der Waals surface area contributed by atoms with Gasteiger partial charge in [-0.15, -0.1) is 0 Å². The van der Waals surface area contributed by atoms with E-state index < -0.39 is 11.9 Å². The van der Waals surface area contributed by atoms with Crippen molar-refractivity contribution in [3.63, 3.8) is 0 Å². The topological polar surface area (TPSA) is 65.2 Å². The average Bonchev–Trinajstić information content (AvgIpc) is 2.80. The minimum absolute atomic E-state index is 0.0752. The monoisotopic (exact) mass is 236 g/mol. The molecule has 0 aliphatic carbocycles. The van der Waals surface area contributed by atoms with Gasteiger partial charge in [0.25, 0.3) is 0 Å². The van der Waals surface area contributed by atoms with Crippen molar-refractivity contribution in [1.82, 2.24) is 9.97 Å². The number of esters is 1. The predicted octanol–water partition coefficient (Wildman–Crippen LogP) is 2.05. The SMILES string of the molecule is CCOC(=O)c1coc(-c2ccc(F)nc2)n1. The summed E-state index contributed by atoms with van der Waals surface area (Å²) in [5.74, 6) is -0.955. The van der Waals surface area contributed by atoms with Crippen LogP contribution in [-0.2, 0) is 4.74 Å². The number of rotatable bonds is 3. The van der Waals surface area contributed by atoms with Gasteiger partial charge in [0.15, 0.2) is 5.69 Å². The third kappa shape index (κ3) is 2.47. The summed E-state index contributed by atoms with van der Waals surface area (Å²) in [6.45, 7) is 1.96. The van der Waals surface area contributed by atoms with E-state index in [2.05, 4.69) is 9.97 Å². The van der Waals surface area contributed by atoms with Gasteiger partial charge in [-0.1, -0.05) is 0 Å². The average molecular weight is 236 g/mol. The molecule has 5 nitrogen and oxygen atoms in total. The van der Waals surface area contributed by atoms with Gasteiger partial charge in [0, 0.05) is 6.20 Å². The molecule has 0 unspecified atom stereocenters. The fourth-order valence-corrected chi connectivity index (χ4v) is 1.21. The molecule has 0 amide bonds. The lowest BCUT2D eigenvalue weighted by molar-refractivity contribution is 0.0519. The number of nitrogens with zero attached hydrogens (tertiary/aromatic N) is 2. The van der Waals surface area contributed by atoms with E-state index >= 15 is 0 Å². The van der Waals surface area contributed by atoms with Crippen LogP contribution in [0.1, 0.15) is 17.4 Å².